The summed E-state index contributed by atoms with van der Waals surface area (Å²) < 4.78 is 0. The Morgan fingerprint density at radius 3 is 1.82 bits per heavy atom. The summed E-state index contributed by atoms with van der Waals surface area (Å²) in [6.07, 6.45) is 0.484. The predicted octanol–water partition coefficient (Wildman–Crippen LogP) is 3.55. The molecule has 0 bridgehead atoms. The van der Waals surface area contributed by atoms with Gasteiger partial charge in [0.15, 0.2) is 0 Å². The molecule has 0 heterocycles. The topological polar surface area (TPSA) is 145 Å². The zero-order valence-electron chi connectivity index (χ0n) is 22.4. The minimum absolute atomic E-state index is 0.0300. The van der Waals surface area contributed by atoms with E-state index >= 15 is 0 Å². The molecule has 2 rings (SSSR count). The highest BCUT2D eigenvalue weighted by molar-refractivity contribution is 5.92. The van der Waals surface area contributed by atoms with Crippen LogP contribution in [0.15, 0.2) is 54.6 Å². The van der Waals surface area contributed by atoms with Gasteiger partial charge in [0.05, 0.1) is 0 Å². The van der Waals surface area contributed by atoms with Crippen LogP contribution in [0.3, 0.4) is 0 Å². The van der Waals surface area contributed by atoms with E-state index in [1.54, 1.807) is 5.48 Å². The van der Waals surface area contributed by atoms with E-state index in [0.29, 0.717) is 6.42 Å². The molecule has 0 aromatic heterocycles. The van der Waals surface area contributed by atoms with E-state index in [-0.39, 0.29) is 31.1 Å². The van der Waals surface area contributed by atoms with Crippen LogP contribution >= 0.6 is 0 Å². The minimum Gasteiger partial charge on any atom is -0.480 e. The Hall–Kier alpha value is -3.72. The van der Waals surface area contributed by atoms with Crippen molar-refractivity contribution in [2.45, 2.75) is 65.5 Å². The molecule has 2 aromatic carbocycles. The first kappa shape index (κ1) is 30.5. The molecule has 0 aliphatic rings. The van der Waals surface area contributed by atoms with Crippen molar-refractivity contribution in [3.63, 3.8) is 0 Å². The summed E-state index contributed by atoms with van der Waals surface area (Å²) in [5.74, 6) is -3.65. The molecule has 0 spiro atoms. The summed E-state index contributed by atoms with van der Waals surface area (Å²) in [6.45, 7) is 7.52. The van der Waals surface area contributed by atoms with Crippen LogP contribution in [0.25, 0.3) is 11.1 Å². The van der Waals surface area contributed by atoms with Crippen molar-refractivity contribution in [1.82, 2.24) is 16.1 Å². The SMILES string of the molecule is CC(C)CC(CC(=O)NO)C(=O)N[C@@H](Cc1ccc(-c2ccccc2)cc1)C(=O)N[C@@H](CC(C)C)C(=O)O. The number of carboxylic acid groups (broad SMARTS) is 1. The lowest BCUT2D eigenvalue weighted by Gasteiger charge is -2.25. The number of carbonyl (C=O) groups is 4. The van der Waals surface area contributed by atoms with Crippen molar-refractivity contribution < 1.29 is 29.5 Å². The second kappa shape index (κ2) is 14.9. The largest absolute Gasteiger partial charge is 0.480 e. The summed E-state index contributed by atoms with van der Waals surface area (Å²) in [4.78, 5) is 50.0. The fourth-order valence-corrected chi connectivity index (χ4v) is 4.29. The van der Waals surface area contributed by atoms with Crippen molar-refractivity contribution in [1.29, 1.82) is 0 Å². The van der Waals surface area contributed by atoms with E-state index in [2.05, 4.69) is 10.6 Å². The zero-order valence-corrected chi connectivity index (χ0v) is 22.4. The Kier molecular flexibility index (Phi) is 11.9. The number of rotatable bonds is 14. The Morgan fingerprint density at radius 2 is 1.29 bits per heavy atom. The molecule has 0 aliphatic carbocycles. The van der Waals surface area contributed by atoms with E-state index < -0.39 is 41.7 Å². The molecule has 206 valence electrons. The van der Waals surface area contributed by atoms with Gasteiger partial charge in [-0.25, -0.2) is 10.3 Å². The number of amides is 3. The lowest BCUT2D eigenvalue weighted by molar-refractivity contribution is -0.143. The van der Waals surface area contributed by atoms with Gasteiger partial charge in [-0.3, -0.25) is 19.6 Å². The van der Waals surface area contributed by atoms with Gasteiger partial charge in [0.1, 0.15) is 12.1 Å². The van der Waals surface area contributed by atoms with Gasteiger partial charge in [-0.2, -0.15) is 0 Å². The summed E-state index contributed by atoms with van der Waals surface area (Å²) in [6, 6.07) is 15.2. The van der Waals surface area contributed by atoms with Gasteiger partial charge < -0.3 is 15.7 Å². The van der Waals surface area contributed by atoms with Crippen molar-refractivity contribution in [2.75, 3.05) is 0 Å². The van der Waals surface area contributed by atoms with Crippen LogP contribution in [0.4, 0.5) is 0 Å². The maximum absolute atomic E-state index is 13.3. The fourth-order valence-electron chi connectivity index (χ4n) is 4.29. The van der Waals surface area contributed by atoms with Gasteiger partial charge in [0.25, 0.3) is 0 Å². The molecule has 0 aliphatic heterocycles. The van der Waals surface area contributed by atoms with Crippen molar-refractivity contribution in [3.8, 4) is 11.1 Å². The summed E-state index contributed by atoms with van der Waals surface area (Å²) in [5, 5.41) is 23.9. The third kappa shape index (κ3) is 9.97. The zero-order chi connectivity index (χ0) is 28.2. The molecule has 38 heavy (non-hydrogen) atoms. The normalized spacial score (nSPS) is 13.4. The smallest absolute Gasteiger partial charge is 0.326 e. The van der Waals surface area contributed by atoms with Crippen molar-refractivity contribution in [3.05, 3.63) is 60.2 Å². The van der Waals surface area contributed by atoms with E-state index in [0.717, 1.165) is 16.7 Å². The number of aliphatic carboxylic acids is 1. The number of hydroxylamine groups is 1. The van der Waals surface area contributed by atoms with E-state index in [9.17, 15) is 24.3 Å². The first-order valence-electron chi connectivity index (χ1n) is 12.9. The molecular weight excluding hydrogens is 486 g/mol. The first-order valence-corrected chi connectivity index (χ1v) is 12.9. The quantitative estimate of drug-likeness (QED) is 0.188. The lowest BCUT2D eigenvalue weighted by Crippen LogP contribution is -2.54. The van der Waals surface area contributed by atoms with E-state index in [1.807, 2.05) is 82.3 Å². The van der Waals surface area contributed by atoms with Crippen LogP contribution in [-0.2, 0) is 25.6 Å². The molecule has 0 saturated carbocycles. The van der Waals surface area contributed by atoms with Gasteiger partial charge in [-0.05, 0) is 41.4 Å². The Morgan fingerprint density at radius 1 is 0.737 bits per heavy atom. The Labute approximate surface area is 224 Å². The molecule has 9 heteroatoms. The minimum atomic E-state index is -1.15. The molecule has 0 radical (unpaired) electrons. The highest BCUT2D eigenvalue weighted by Gasteiger charge is 2.30. The van der Waals surface area contributed by atoms with E-state index in [4.69, 9.17) is 5.21 Å². The van der Waals surface area contributed by atoms with Gasteiger partial charge in [-0.1, -0.05) is 82.3 Å². The summed E-state index contributed by atoms with van der Waals surface area (Å²) in [7, 11) is 0. The number of nitrogens with one attached hydrogen (secondary N) is 3. The van der Waals surface area contributed by atoms with E-state index in [1.165, 1.54) is 0 Å². The molecule has 9 nitrogen and oxygen atoms in total. The van der Waals surface area contributed by atoms with Crippen LogP contribution in [-0.4, -0.2) is 46.1 Å². The standard InChI is InChI=1S/C29H39N3O6/c1-18(2)14-23(17-26(33)32-38)27(34)30-24(28(35)31-25(29(36)37)15-19(3)4)16-20-10-12-22(13-11-20)21-8-6-5-7-9-21/h5-13,18-19,23-25,38H,14-17H2,1-4H3,(H,30,34)(H,31,35)(H,32,33)(H,36,37)/t23?,24-,25-/m0/s1. The van der Waals surface area contributed by atoms with Crippen molar-refractivity contribution in [2.24, 2.45) is 17.8 Å². The third-order valence-corrected chi connectivity index (χ3v) is 6.14. The molecule has 3 atom stereocenters. The maximum Gasteiger partial charge on any atom is 0.326 e. The number of carboxylic acids is 1. The van der Waals surface area contributed by atoms with Gasteiger partial charge in [0, 0.05) is 18.8 Å². The molecule has 1 unspecified atom stereocenters. The number of hydrogen-bond acceptors (Lipinski definition) is 5. The molecule has 0 saturated heterocycles. The average molecular weight is 526 g/mol. The highest BCUT2D eigenvalue weighted by atomic mass is 16.5. The molecule has 3 amide bonds. The van der Waals surface area contributed by atoms with Crippen LogP contribution < -0.4 is 16.1 Å². The third-order valence-electron chi connectivity index (χ3n) is 6.14. The predicted molar refractivity (Wildman–Crippen MR) is 144 cm³/mol. The second-order valence-corrected chi connectivity index (χ2v) is 10.4. The van der Waals surface area contributed by atoms with Crippen LogP contribution in [0.2, 0.25) is 0 Å². The van der Waals surface area contributed by atoms with Crippen LogP contribution in [0.1, 0.15) is 52.5 Å². The first-order chi connectivity index (χ1) is 18.0. The van der Waals surface area contributed by atoms with Gasteiger partial charge >= 0.3 is 5.97 Å². The van der Waals surface area contributed by atoms with Gasteiger partial charge in [-0.15, -0.1) is 0 Å². The maximum atomic E-state index is 13.3. The fraction of sp³-hybridized carbons (Fsp3) is 0.448. The summed E-state index contributed by atoms with van der Waals surface area (Å²) in [5.41, 5.74) is 4.36. The van der Waals surface area contributed by atoms with Crippen LogP contribution in [0.5, 0.6) is 0 Å². The number of carbonyl (C=O) groups excluding carboxylic acids is 3. The van der Waals surface area contributed by atoms with Crippen molar-refractivity contribution >= 4 is 23.7 Å². The summed E-state index contributed by atoms with van der Waals surface area (Å²) >= 11 is 0. The monoisotopic (exact) mass is 525 g/mol. The number of hydrogen-bond donors (Lipinski definition) is 5. The molecule has 0 fully saturated rings. The molecule has 5 N–H and O–H groups in total. The van der Waals surface area contributed by atoms with Gasteiger partial charge in [0.2, 0.25) is 17.7 Å². The second-order valence-electron chi connectivity index (χ2n) is 10.4. The molecule has 2 aromatic rings. The highest BCUT2D eigenvalue weighted by Crippen LogP contribution is 2.21. The Balaban J connectivity index is 2.29. The van der Waals surface area contributed by atoms with Crippen LogP contribution in [0, 0.1) is 17.8 Å². The lowest BCUT2D eigenvalue weighted by atomic mass is 9.92. The Bertz CT molecular complexity index is 1070. The molecular formula is C29H39N3O6. The number of benzene rings is 2. The average Bonchev–Trinajstić information content (AvgIpc) is 2.87.